The predicted octanol–water partition coefficient (Wildman–Crippen LogP) is 2.56. The molecule has 84 valence electrons. The van der Waals surface area contributed by atoms with Crippen LogP contribution in [0.2, 0.25) is 19.6 Å². The standard InChI is InChI=1S/C12H20O2Si/c1-9-7-12(15(4,5)6)11(14-3)8-10(9)13-2/h7-8H,1-6H3. The Morgan fingerprint density at radius 2 is 1.47 bits per heavy atom. The van der Waals surface area contributed by atoms with Gasteiger partial charge >= 0.3 is 0 Å². The smallest absolute Gasteiger partial charge is 0.125 e. The van der Waals surface area contributed by atoms with Crippen molar-refractivity contribution in [2.75, 3.05) is 14.2 Å². The first-order valence-electron chi connectivity index (χ1n) is 5.13. The van der Waals surface area contributed by atoms with Crippen molar-refractivity contribution in [2.24, 2.45) is 0 Å². The van der Waals surface area contributed by atoms with Crippen LogP contribution in [0.15, 0.2) is 12.1 Å². The van der Waals surface area contributed by atoms with E-state index in [9.17, 15) is 0 Å². The summed E-state index contributed by atoms with van der Waals surface area (Å²) in [7, 11) is 2.06. The van der Waals surface area contributed by atoms with Gasteiger partial charge in [-0.2, -0.15) is 0 Å². The summed E-state index contributed by atoms with van der Waals surface area (Å²) in [6.07, 6.45) is 0. The van der Waals surface area contributed by atoms with Gasteiger partial charge < -0.3 is 9.47 Å². The monoisotopic (exact) mass is 224 g/mol. The first kappa shape index (κ1) is 12.1. The molecule has 0 saturated heterocycles. The molecule has 0 fully saturated rings. The second-order valence-electron chi connectivity index (χ2n) is 4.77. The van der Waals surface area contributed by atoms with E-state index in [2.05, 4.69) is 32.6 Å². The van der Waals surface area contributed by atoms with E-state index >= 15 is 0 Å². The average molecular weight is 224 g/mol. The Kier molecular flexibility index (Phi) is 3.45. The third-order valence-corrected chi connectivity index (χ3v) is 4.53. The van der Waals surface area contributed by atoms with Crippen molar-refractivity contribution in [3.63, 3.8) is 0 Å². The molecule has 0 aliphatic rings. The zero-order valence-corrected chi connectivity index (χ0v) is 11.5. The fourth-order valence-electron chi connectivity index (χ4n) is 1.64. The molecule has 3 heteroatoms. The molecule has 0 aliphatic carbocycles. The van der Waals surface area contributed by atoms with Crippen molar-refractivity contribution in [1.29, 1.82) is 0 Å². The summed E-state index contributed by atoms with van der Waals surface area (Å²) in [5.41, 5.74) is 1.18. The summed E-state index contributed by atoms with van der Waals surface area (Å²) in [5, 5.41) is 1.35. The van der Waals surface area contributed by atoms with Crippen LogP contribution >= 0.6 is 0 Å². The molecular weight excluding hydrogens is 204 g/mol. The topological polar surface area (TPSA) is 18.5 Å². The molecule has 2 nitrogen and oxygen atoms in total. The van der Waals surface area contributed by atoms with Gasteiger partial charge in [0, 0.05) is 6.07 Å². The minimum absolute atomic E-state index is 0.897. The van der Waals surface area contributed by atoms with Gasteiger partial charge in [-0.05, 0) is 17.7 Å². The molecule has 0 bridgehead atoms. The summed E-state index contributed by atoms with van der Waals surface area (Å²) >= 11 is 0. The van der Waals surface area contributed by atoms with Gasteiger partial charge in [-0.25, -0.2) is 0 Å². The Morgan fingerprint density at radius 3 is 1.87 bits per heavy atom. The van der Waals surface area contributed by atoms with E-state index in [-0.39, 0.29) is 0 Å². The van der Waals surface area contributed by atoms with E-state index in [1.165, 1.54) is 10.8 Å². The maximum atomic E-state index is 5.42. The summed E-state index contributed by atoms with van der Waals surface area (Å²) in [5.74, 6) is 1.85. The van der Waals surface area contributed by atoms with Crippen molar-refractivity contribution < 1.29 is 9.47 Å². The lowest BCUT2D eigenvalue weighted by atomic mass is 10.2. The second kappa shape index (κ2) is 4.27. The Balaban J connectivity index is 3.34. The quantitative estimate of drug-likeness (QED) is 0.735. The molecule has 0 saturated carbocycles. The van der Waals surface area contributed by atoms with Crippen LogP contribution in [0.5, 0.6) is 11.5 Å². The van der Waals surface area contributed by atoms with Crippen LogP contribution in [0, 0.1) is 6.92 Å². The van der Waals surface area contributed by atoms with Crippen LogP contribution in [0.4, 0.5) is 0 Å². The predicted molar refractivity (Wildman–Crippen MR) is 67.3 cm³/mol. The fraction of sp³-hybridized carbons (Fsp3) is 0.500. The van der Waals surface area contributed by atoms with Crippen LogP contribution in [0.1, 0.15) is 5.56 Å². The molecule has 15 heavy (non-hydrogen) atoms. The highest BCUT2D eigenvalue weighted by Crippen LogP contribution is 2.24. The molecule has 0 atom stereocenters. The molecule has 0 heterocycles. The minimum Gasteiger partial charge on any atom is -0.497 e. The Hall–Kier alpha value is -0.963. The van der Waals surface area contributed by atoms with E-state index in [0.29, 0.717) is 0 Å². The van der Waals surface area contributed by atoms with E-state index in [1.54, 1.807) is 14.2 Å². The molecule has 0 radical (unpaired) electrons. The van der Waals surface area contributed by atoms with Gasteiger partial charge in [0.2, 0.25) is 0 Å². The average Bonchev–Trinajstić information content (AvgIpc) is 2.16. The first-order chi connectivity index (χ1) is 6.90. The van der Waals surface area contributed by atoms with E-state index in [1.807, 2.05) is 6.07 Å². The lowest BCUT2D eigenvalue weighted by Gasteiger charge is -2.21. The van der Waals surface area contributed by atoms with E-state index < -0.39 is 8.07 Å². The Morgan fingerprint density at radius 1 is 0.933 bits per heavy atom. The van der Waals surface area contributed by atoms with Gasteiger partial charge in [0.15, 0.2) is 0 Å². The van der Waals surface area contributed by atoms with Gasteiger partial charge in [0.05, 0.1) is 22.3 Å². The minimum atomic E-state index is -1.35. The second-order valence-corrected chi connectivity index (χ2v) is 9.81. The van der Waals surface area contributed by atoms with Crippen LogP contribution in [0.3, 0.4) is 0 Å². The summed E-state index contributed by atoms with van der Waals surface area (Å²) < 4.78 is 10.7. The number of benzene rings is 1. The third-order valence-electron chi connectivity index (χ3n) is 2.52. The molecule has 0 amide bonds. The molecule has 0 N–H and O–H groups in total. The largest absolute Gasteiger partial charge is 0.497 e. The highest BCUT2D eigenvalue weighted by atomic mass is 28.3. The lowest BCUT2D eigenvalue weighted by molar-refractivity contribution is 0.394. The van der Waals surface area contributed by atoms with E-state index in [4.69, 9.17) is 9.47 Å². The van der Waals surface area contributed by atoms with Gasteiger partial charge in [0.1, 0.15) is 11.5 Å². The molecular formula is C12H20O2Si. The number of hydrogen-bond acceptors (Lipinski definition) is 2. The van der Waals surface area contributed by atoms with Crippen molar-refractivity contribution in [1.82, 2.24) is 0 Å². The van der Waals surface area contributed by atoms with Crippen molar-refractivity contribution in [3.05, 3.63) is 17.7 Å². The normalized spacial score (nSPS) is 11.3. The van der Waals surface area contributed by atoms with Gasteiger partial charge in [0.25, 0.3) is 0 Å². The lowest BCUT2D eigenvalue weighted by Crippen LogP contribution is -2.38. The van der Waals surface area contributed by atoms with Crippen molar-refractivity contribution in [2.45, 2.75) is 26.6 Å². The van der Waals surface area contributed by atoms with Crippen molar-refractivity contribution >= 4 is 13.3 Å². The maximum Gasteiger partial charge on any atom is 0.125 e. The van der Waals surface area contributed by atoms with Crippen LogP contribution in [0.25, 0.3) is 0 Å². The number of methoxy groups -OCH3 is 2. The summed E-state index contributed by atoms with van der Waals surface area (Å²) in [6.45, 7) is 9.02. The van der Waals surface area contributed by atoms with Crippen molar-refractivity contribution in [3.8, 4) is 11.5 Å². The number of rotatable bonds is 3. The van der Waals surface area contributed by atoms with E-state index in [0.717, 1.165) is 11.5 Å². The highest BCUT2D eigenvalue weighted by Gasteiger charge is 2.22. The third kappa shape index (κ3) is 2.53. The molecule has 1 aromatic carbocycles. The van der Waals surface area contributed by atoms with Gasteiger partial charge in [-0.1, -0.05) is 25.7 Å². The Labute approximate surface area is 93.2 Å². The molecule has 1 rings (SSSR count). The molecule has 1 aromatic rings. The van der Waals surface area contributed by atoms with Gasteiger partial charge in [-0.15, -0.1) is 0 Å². The number of aryl methyl sites for hydroxylation is 1. The SMILES string of the molecule is COc1cc(OC)c([Si](C)(C)C)cc1C. The van der Waals surface area contributed by atoms with Gasteiger partial charge in [-0.3, -0.25) is 0 Å². The van der Waals surface area contributed by atoms with Crippen LogP contribution < -0.4 is 14.7 Å². The number of hydrogen-bond donors (Lipinski definition) is 0. The zero-order valence-electron chi connectivity index (χ0n) is 10.5. The summed E-state index contributed by atoms with van der Waals surface area (Å²) in [4.78, 5) is 0. The highest BCUT2D eigenvalue weighted by molar-refractivity contribution is 6.89. The fourth-order valence-corrected chi connectivity index (χ4v) is 3.21. The molecule has 0 spiro atoms. The molecule has 0 aromatic heterocycles. The zero-order chi connectivity index (χ0) is 11.6. The van der Waals surface area contributed by atoms with Crippen LogP contribution in [-0.2, 0) is 0 Å². The number of ether oxygens (including phenoxy) is 2. The van der Waals surface area contributed by atoms with Crippen LogP contribution in [-0.4, -0.2) is 22.3 Å². The Bertz CT molecular complexity index is 353. The molecule has 0 aliphatic heterocycles. The first-order valence-corrected chi connectivity index (χ1v) is 8.63. The summed E-state index contributed by atoms with van der Waals surface area (Å²) in [6, 6.07) is 4.19. The molecule has 0 unspecified atom stereocenters. The maximum absolute atomic E-state index is 5.42.